The molecule has 0 aliphatic carbocycles. The molecule has 1 heterocycles. The van der Waals surface area contributed by atoms with Crippen LogP contribution in [0.1, 0.15) is 31.7 Å². The third-order valence-corrected chi connectivity index (χ3v) is 3.57. The summed E-state index contributed by atoms with van der Waals surface area (Å²) in [5.41, 5.74) is 2.30. The van der Waals surface area contributed by atoms with Gasteiger partial charge in [-0.05, 0) is 46.9 Å². The summed E-state index contributed by atoms with van der Waals surface area (Å²) in [5, 5.41) is 11.1. The van der Waals surface area contributed by atoms with E-state index in [1.165, 1.54) is 5.69 Å². The molecule has 22 heavy (non-hydrogen) atoms. The quantitative estimate of drug-likeness (QED) is 0.411. The number of hydrogen-bond donors (Lipinski definition) is 2. The predicted octanol–water partition coefficient (Wildman–Crippen LogP) is 1.40. The zero-order valence-corrected chi connectivity index (χ0v) is 14.8. The van der Waals surface area contributed by atoms with Gasteiger partial charge in [-0.1, -0.05) is 6.92 Å². The van der Waals surface area contributed by atoms with Gasteiger partial charge >= 0.3 is 0 Å². The normalized spacial score (nSPS) is 12.0. The maximum absolute atomic E-state index is 4.62. The third kappa shape index (κ3) is 6.93. The van der Waals surface area contributed by atoms with Gasteiger partial charge in [-0.25, -0.2) is 0 Å². The summed E-state index contributed by atoms with van der Waals surface area (Å²) < 4.78 is 2.06. The van der Waals surface area contributed by atoms with Crippen LogP contribution >= 0.6 is 0 Å². The Hall–Kier alpha value is -1.56. The van der Waals surface area contributed by atoms with Crippen molar-refractivity contribution < 1.29 is 0 Å². The highest BCUT2D eigenvalue weighted by Gasteiger charge is 2.01. The molecule has 0 amide bonds. The number of guanidine groups is 1. The summed E-state index contributed by atoms with van der Waals surface area (Å²) in [4.78, 5) is 6.90. The van der Waals surface area contributed by atoms with Gasteiger partial charge in [0.15, 0.2) is 5.96 Å². The number of aryl methyl sites for hydroxylation is 3. The second kappa shape index (κ2) is 10.2. The fourth-order valence-corrected chi connectivity index (χ4v) is 2.18. The van der Waals surface area contributed by atoms with Gasteiger partial charge in [0, 0.05) is 38.4 Å². The smallest absolute Gasteiger partial charge is 0.191 e. The largest absolute Gasteiger partial charge is 0.357 e. The lowest BCUT2D eigenvalue weighted by atomic mass is 10.4. The zero-order valence-electron chi connectivity index (χ0n) is 14.8. The molecule has 0 saturated heterocycles. The lowest BCUT2D eigenvalue weighted by Gasteiger charge is -2.16. The fourth-order valence-electron chi connectivity index (χ4n) is 2.18. The average molecular weight is 308 g/mol. The van der Waals surface area contributed by atoms with E-state index in [0.29, 0.717) is 0 Å². The van der Waals surface area contributed by atoms with Crippen LogP contribution in [0.2, 0.25) is 0 Å². The summed E-state index contributed by atoms with van der Waals surface area (Å²) in [6.07, 6.45) is 0.993. The van der Waals surface area contributed by atoms with E-state index in [-0.39, 0.29) is 0 Å². The minimum Gasteiger partial charge on any atom is -0.357 e. The highest BCUT2D eigenvalue weighted by atomic mass is 15.3. The molecule has 0 aromatic carbocycles. The number of hydrogen-bond acceptors (Lipinski definition) is 3. The molecule has 0 fully saturated rings. The van der Waals surface area contributed by atoms with Crippen LogP contribution in [0.25, 0.3) is 0 Å². The van der Waals surface area contributed by atoms with Gasteiger partial charge in [0.1, 0.15) is 0 Å². The second-order valence-corrected chi connectivity index (χ2v) is 5.59. The molecule has 0 aliphatic heterocycles. The Labute approximate surface area is 135 Å². The molecule has 0 saturated carbocycles. The van der Waals surface area contributed by atoms with E-state index >= 15 is 0 Å². The molecule has 1 aromatic heterocycles. The van der Waals surface area contributed by atoms with E-state index in [4.69, 9.17) is 0 Å². The monoisotopic (exact) mass is 308 g/mol. The second-order valence-electron chi connectivity index (χ2n) is 5.59. The van der Waals surface area contributed by atoms with Gasteiger partial charge in [0.25, 0.3) is 0 Å². The summed E-state index contributed by atoms with van der Waals surface area (Å²) in [7, 11) is 2.13. The molecule has 6 heteroatoms. The van der Waals surface area contributed by atoms with E-state index < -0.39 is 0 Å². The molecule has 0 radical (unpaired) electrons. The molecule has 2 N–H and O–H groups in total. The Morgan fingerprint density at radius 3 is 2.68 bits per heavy atom. The topological polar surface area (TPSA) is 57.5 Å². The van der Waals surface area contributed by atoms with Gasteiger partial charge in [-0.3, -0.25) is 9.67 Å². The first kappa shape index (κ1) is 18.5. The third-order valence-electron chi connectivity index (χ3n) is 3.57. The highest BCUT2D eigenvalue weighted by molar-refractivity contribution is 5.79. The Kier molecular flexibility index (Phi) is 8.58. The summed E-state index contributed by atoms with van der Waals surface area (Å²) >= 11 is 0. The van der Waals surface area contributed by atoms with Gasteiger partial charge in [0.05, 0.1) is 5.69 Å². The summed E-state index contributed by atoms with van der Waals surface area (Å²) in [6, 6.07) is 2.11. The number of nitrogens with zero attached hydrogens (tertiary/aromatic N) is 4. The van der Waals surface area contributed by atoms with Crippen LogP contribution in [-0.2, 0) is 6.54 Å². The van der Waals surface area contributed by atoms with Crippen molar-refractivity contribution in [2.75, 3.05) is 39.8 Å². The van der Waals surface area contributed by atoms with Crippen LogP contribution in [0.3, 0.4) is 0 Å². The lowest BCUT2D eigenvalue weighted by Crippen LogP contribution is -2.41. The molecule has 0 atom stereocenters. The Morgan fingerprint density at radius 1 is 1.32 bits per heavy atom. The Balaban J connectivity index is 2.33. The molecule has 1 aromatic rings. The van der Waals surface area contributed by atoms with Crippen LogP contribution in [0.5, 0.6) is 0 Å². The highest BCUT2D eigenvalue weighted by Crippen LogP contribution is 2.02. The SMILES string of the molecule is CCNC(=NCCCn1nc(C)cc1C)NCCN(C)CC. The molecule has 126 valence electrons. The van der Waals surface area contributed by atoms with E-state index in [9.17, 15) is 0 Å². The minimum absolute atomic E-state index is 0.803. The number of nitrogens with one attached hydrogen (secondary N) is 2. The van der Waals surface area contributed by atoms with E-state index in [1.807, 2.05) is 6.92 Å². The first-order valence-electron chi connectivity index (χ1n) is 8.28. The van der Waals surface area contributed by atoms with Crippen LogP contribution in [0.4, 0.5) is 0 Å². The molecule has 0 aliphatic rings. The van der Waals surface area contributed by atoms with Crippen LogP contribution in [0.15, 0.2) is 11.1 Å². The molecule has 6 nitrogen and oxygen atoms in total. The van der Waals surface area contributed by atoms with Crippen molar-refractivity contribution >= 4 is 5.96 Å². The van der Waals surface area contributed by atoms with Crippen LogP contribution < -0.4 is 10.6 Å². The van der Waals surface area contributed by atoms with Crippen molar-refractivity contribution in [3.05, 3.63) is 17.5 Å². The maximum Gasteiger partial charge on any atom is 0.191 e. The zero-order chi connectivity index (χ0) is 16.4. The van der Waals surface area contributed by atoms with Gasteiger partial charge in [-0.2, -0.15) is 5.10 Å². The summed E-state index contributed by atoms with van der Waals surface area (Å²) in [5.74, 6) is 0.903. The fraction of sp³-hybridized carbons (Fsp3) is 0.750. The van der Waals surface area contributed by atoms with Crippen molar-refractivity contribution in [3.8, 4) is 0 Å². The van der Waals surface area contributed by atoms with Crippen molar-refractivity contribution in [3.63, 3.8) is 0 Å². The molecular weight excluding hydrogens is 276 g/mol. The van der Waals surface area contributed by atoms with Crippen molar-refractivity contribution in [2.45, 2.75) is 40.7 Å². The standard InChI is InChI=1S/C16H32N6/c1-6-17-16(19-10-12-21(5)7-2)18-9-8-11-22-15(4)13-14(3)20-22/h13H,6-12H2,1-5H3,(H2,17,18,19). The van der Waals surface area contributed by atoms with E-state index in [1.54, 1.807) is 0 Å². The Bertz CT molecular complexity index is 451. The lowest BCUT2D eigenvalue weighted by molar-refractivity contribution is 0.357. The average Bonchev–Trinajstić information content (AvgIpc) is 2.81. The van der Waals surface area contributed by atoms with Gasteiger partial charge in [0.2, 0.25) is 0 Å². The molecule has 0 spiro atoms. The van der Waals surface area contributed by atoms with E-state index in [0.717, 1.165) is 57.3 Å². The van der Waals surface area contributed by atoms with Crippen molar-refractivity contribution in [1.29, 1.82) is 0 Å². The summed E-state index contributed by atoms with van der Waals surface area (Å²) in [6.45, 7) is 14.0. The molecular formula is C16H32N6. The number of rotatable bonds is 9. The van der Waals surface area contributed by atoms with Gasteiger partial charge < -0.3 is 15.5 Å². The predicted molar refractivity (Wildman–Crippen MR) is 93.5 cm³/mol. The molecule has 0 unspecified atom stereocenters. The number of aromatic nitrogens is 2. The Morgan fingerprint density at radius 2 is 2.09 bits per heavy atom. The van der Waals surface area contributed by atoms with Crippen LogP contribution in [0, 0.1) is 13.8 Å². The van der Waals surface area contributed by atoms with E-state index in [2.05, 4.69) is 64.2 Å². The van der Waals surface area contributed by atoms with Crippen LogP contribution in [-0.4, -0.2) is 60.4 Å². The molecule has 0 bridgehead atoms. The van der Waals surface area contributed by atoms with Crippen molar-refractivity contribution in [2.24, 2.45) is 4.99 Å². The van der Waals surface area contributed by atoms with Crippen molar-refractivity contribution in [1.82, 2.24) is 25.3 Å². The maximum atomic E-state index is 4.62. The molecule has 1 rings (SSSR count). The minimum atomic E-state index is 0.803. The first-order valence-corrected chi connectivity index (χ1v) is 8.28. The number of likely N-dealkylation sites (N-methyl/N-ethyl adjacent to an activating group) is 1. The number of aliphatic imine (C=N–C) groups is 1. The first-order chi connectivity index (χ1) is 10.6. The van der Waals surface area contributed by atoms with Gasteiger partial charge in [-0.15, -0.1) is 0 Å².